The highest BCUT2D eigenvalue weighted by Gasteiger charge is 2.14. The summed E-state index contributed by atoms with van der Waals surface area (Å²) in [5, 5.41) is 4.57. The highest BCUT2D eigenvalue weighted by Crippen LogP contribution is 2.32. The first-order valence-electron chi connectivity index (χ1n) is 6.67. The number of nitrogens with zero attached hydrogens (tertiary/aromatic N) is 1. The molecule has 21 heavy (non-hydrogen) atoms. The third-order valence-corrected chi connectivity index (χ3v) is 3.09. The maximum atomic E-state index is 11.5. The molecule has 2 rings (SSSR count). The molecule has 7 heteroatoms. The third-order valence-electron chi connectivity index (χ3n) is 3.09. The summed E-state index contributed by atoms with van der Waals surface area (Å²) in [6.07, 6.45) is 0.258. The van der Waals surface area contributed by atoms with Crippen molar-refractivity contribution in [3.8, 4) is 11.5 Å². The molecule has 1 aromatic carbocycles. The van der Waals surface area contributed by atoms with Gasteiger partial charge in [0.25, 0.3) is 0 Å². The number of carbonyl (C=O) groups is 2. The van der Waals surface area contributed by atoms with Crippen molar-refractivity contribution in [2.24, 2.45) is 0 Å². The van der Waals surface area contributed by atoms with Crippen LogP contribution < -0.4 is 20.1 Å². The molecule has 7 nitrogen and oxygen atoms in total. The van der Waals surface area contributed by atoms with Gasteiger partial charge in [0.15, 0.2) is 11.5 Å². The van der Waals surface area contributed by atoms with Crippen molar-refractivity contribution in [1.82, 2.24) is 15.5 Å². The molecule has 2 N–H and O–H groups in total. The molecule has 1 heterocycles. The number of rotatable bonds is 5. The zero-order valence-corrected chi connectivity index (χ0v) is 12.1. The Morgan fingerprint density at radius 1 is 1.29 bits per heavy atom. The van der Waals surface area contributed by atoms with Crippen molar-refractivity contribution in [3.63, 3.8) is 0 Å². The lowest BCUT2D eigenvalue weighted by molar-refractivity contribution is -0.120. The first-order valence-corrected chi connectivity index (χ1v) is 6.67. The van der Waals surface area contributed by atoms with Crippen molar-refractivity contribution in [2.45, 2.75) is 13.0 Å². The fourth-order valence-corrected chi connectivity index (χ4v) is 1.97. The van der Waals surface area contributed by atoms with Crippen LogP contribution in [0.1, 0.15) is 12.0 Å². The number of amides is 3. The summed E-state index contributed by atoms with van der Waals surface area (Å²) in [6, 6.07) is 5.29. The van der Waals surface area contributed by atoms with Crippen molar-refractivity contribution < 1.29 is 19.1 Å². The topological polar surface area (TPSA) is 79.9 Å². The first kappa shape index (κ1) is 15.1. The van der Waals surface area contributed by atoms with E-state index in [2.05, 4.69) is 10.6 Å². The van der Waals surface area contributed by atoms with E-state index in [0.717, 1.165) is 17.1 Å². The maximum Gasteiger partial charge on any atom is 0.321 e. The molecule has 3 amide bonds. The minimum Gasteiger partial charge on any atom is -0.454 e. The monoisotopic (exact) mass is 293 g/mol. The summed E-state index contributed by atoms with van der Waals surface area (Å²) in [6.45, 7) is 1.50. The second-order valence-corrected chi connectivity index (χ2v) is 4.80. The quantitative estimate of drug-likeness (QED) is 0.835. The molecule has 0 aromatic heterocycles. The van der Waals surface area contributed by atoms with Crippen LogP contribution in [0.2, 0.25) is 0 Å². The molecule has 1 aromatic rings. The van der Waals surface area contributed by atoms with Gasteiger partial charge in [0.2, 0.25) is 12.7 Å². The van der Waals surface area contributed by atoms with Gasteiger partial charge >= 0.3 is 6.03 Å². The molecule has 1 aliphatic rings. The highest BCUT2D eigenvalue weighted by molar-refractivity contribution is 5.94. The van der Waals surface area contributed by atoms with E-state index in [1.807, 2.05) is 30.1 Å². The van der Waals surface area contributed by atoms with Crippen LogP contribution in [0.4, 0.5) is 4.79 Å². The van der Waals surface area contributed by atoms with E-state index in [9.17, 15) is 9.59 Å². The molecule has 114 valence electrons. The molecule has 0 fully saturated rings. The largest absolute Gasteiger partial charge is 0.454 e. The van der Waals surface area contributed by atoms with Crippen LogP contribution in [0.5, 0.6) is 11.5 Å². The molecule has 0 saturated heterocycles. The van der Waals surface area contributed by atoms with Crippen molar-refractivity contribution in [2.75, 3.05) is 27.4 Å². The van der Waals surface area contributed by atoms with E-state index in [1.165, 1.54) is 7.05 Å². The molecule has 0 saturated carbocycles. The first-order chi connectivity index (χ1) is 10.1. The average Bonchev–Trinajstić information content (AvgIpc) is 2.92. The minimum atomic E-state index is -0.488. The zero-order chi connectivity index (χ0) is 15.2. The van der Waals surface area contributed by atoms with Crippen LogP contribution in [0.3, 0.4) is 0 Å². The Morgan fingerprint density at radius 2 is 2.05 bits per heavy atom. The number of nitrogens with one attached hydrogen (secondary N) is 2. The Labute approximate surface area is 123 Å². The van der Waals surface area contributed by atoms with E-state index in [1.54, 1.807) is 0 Å². The number of ether oxygens (including phenoxy) is 2. The lowest BCUT2D eigenvalue weighted by Crippen LogP contribution is -2.38. The van der Waals surface area contributed by atoms with Crippen molar-refractivity contribution >= 4 is 11.9 Å². The van der Waals surface area contributed by atoms with Gasteiger partial charge in [-0.1, -0.05) is 6.07 Å². The smallest absolute Gasteiger partial charge is 0.321 e. The molecular weight excluding hydrogens is 274 g/mol. The summed E-state index contributed by atoms with van der Waals surface area (Å²) in [5.41, 5.74) is 1.08. The van der Waals surface area contributed by atoms with Gasteiger partial charge < -0.3 is 19.7 Å². The van der Waals surface area contributed by atoms with Gasteiger partial charge in [-0.3, -0.25) is 10.1 Å². The molecular formula is C14H19N3O4. The molecule has 0 atom stereocenters. The zero-order valence-electron chi connectivity index (χ0n) is 12.1. The summed E-state index contributed by atoms with van der Waals surface area (Å²) in [4.78, 5) is 24.5. The SMILES string of the molecule is CNC(=O)NC(=O)CCN(C)Cc1ccc2c(c1)OCO2. The normalized spacial score (nSPS) is 12.3. The Kier molecular flexibility index (Phi) is 4.99. The second kappa shape index (κ2) is 6.94. The van der Waals surface area contributed by atoms with Crippen LogP contribution in [0.25, 0.3) is 0 Å². The van der Waals surface area contributed by atoms with Crippen LogP contribution in [-0.4, -0.2) is 44.3 Å². The van der Waals surface area contributed by atoms with Crippen molar-refractivity contribution in [1.29, 1.82) is 0 Å². The van der Waals surface area contributed by atoms with Crippen LogP contribution >= 0.6 is 0 Å². The lowest BCUT2D eigenvalue weighted by atomic mass is 10.2. The number of urea groups is 1. The standard InChI is InChI=1S/C14H19N3O4/c1-15-14(19)16-13(18)5-6-17(2)8-10-3-4-11-12(7-10)21-9-20-11/h3-4,7H,5-6,8-9H2,1-2H3,(H2,15,16,18,19). The Hall–Kier alpha value is -2.28. The lowest BCUT2D eigenvalue weighted by Gasteiger charge is -2.16. The Balaban J connectivity index is 1.78. The van der Waals surface area contributed by atoms with Gasteiger partial charge in [-0.25, -0.2) is 4.79 Å². The molecule has 0 bridgehead atoms. The number of benzene rings is 1. The predicted molar refractivity (Wildman–Crippen MR) is 76.1 cm³/mol. The third kappa shape index (κ3) is 4.35. The maximum absolute atomic E-state index is 11.5. The second-order valence-electron chi connectivity index (χ2n) is 4.80. The van der Waals surface area contributed by atoms with Gasteiger partial charge in [0.05, 0.1) is 0 Å². The van der Waals surface area contributed by atoms with Crippen LogP contribution in [-0.2, 0) is 11.3 Å². The van der Waals surface area contributed by atoms with Gasteiger partial charge in [0, 0.05) is 26.6 Å². The highest BCUT2D eigenvalue weighted by atomic mass is 16.7. The molecule has 0 spiro atoms. The van der Waals surface area contributed by atoms with E-state index >= 15 is 0 Å². The number of fused-ring (bicyclic) bond motifs is 1. The number of hydrogen-bond donors (Lipinski definition) is 2. The average molecular weight is 293 g/mol. The molecule has 0 radical (unpaired) electrons. The summed E-state index contributed by atoms with van der Waals surface area (Å²) >= 11 is 0. The molecule has 0 aliphatic carbocycles. The molecule has 1 aliphatic heterocycles. The Morgan fingerprint density at radius 3 is 2.81 bits per heavy atom. The minimum absolute atomic E-state index is 0.258. The molecule has 0 unspecified atom stereocenters. The Bertz CT molecular complexity index is 533. The predicted octanol–water partition coefficient (Wildman–Crippen LogP) is 0.693. The van der Waals surface area contributed by atoms with E-state index in [-0.39, 0.29) is 19.1 Å². The summed E-state index contributed by atoms with van der Waals surface area (Å²) < 4.78 is 10.6. The van der Waals surface area contributed by atoms with Crippen LogP contribution in [0.15, 0.2) is 18.2 Å². The van der Waals surface area contributed by atoms with E-state index in [0.29, 0.717) is 13.1 Å². The van der Waals surface area contributed by atoms with Gasteiger partial charge in [-0.15, -0.1) is 0 Å². The van der Waals surface area contributed by atoms with E-state index in [4.69, 9.17) is 9.47 Å². The van der Waals surface area contributed by atoms with Crippen LogP contribution in [0, 0.1) is 0 Å². The number of carbonyl (C=O) groups excluding carboxylic acids is 2. The van der Waals surface area contributed by atoms with Gasteiger partial charge in [-0.2, -0.15) is 0 Å². The summed E-state index contributed by atoms with van der Waals surface area (Å²) in [5.74, 6) is 1.21. The fourth-order valence-electron chi connectivity index (χ4n) is 1.97. The number of hydrogen-bond acceptors (Lipinski definition) is 5. The van der Waals surface area contributed by atoms with Gasteiger partial charge in [-0.05, 0) is 24.7 Å². The number of imide groups is 1. The van der Waals surface area contributed by atoms with E-state index < -0.39 is 6.03 Å². The fraction of sp³-hybridized carbons (Fsp3) is 0.429. The summed E-state index contributed by atoms with van der Waals surface area (Å²) in [7, 11) is 3.38. The van der Waals surface area contributed by atoms with Gasteiger partial charge in [0.1, 0.15) is 0 Å². The van der Waals surface area contributed by atoms with Crippen molar-refractivity contribution in [3.05, 3.63) is 23.8 Å².